The van der Waals surface area contributed by atoms with Gasteiger partial charge in [-0.1, -0.05) is 128 Å². The predicted molar refractivity (Wildman–Crippen MR) is 230 cm³/mol. The van der Waals surface area contributed by atoms with Crippen molar-refractivity contribution in [3.63, 3.8) is 0 Å². The van der Waals surface area contributed by atoms with Crippen LogP contribution in [0.5, 0.6) is 0 Å². The Labute approximate surface area is 317 Å². The Balaban J connectivity index is 1.19. The summed E-state index contributed by atoms with van der Waals surface area (Å²) < 4.78 is 2.52. The van der Waals surface area contributed by atoms with Crippen molar-refractivity contribution in [3.8, 4) is 27.9 Å². The minimum Gasteiger partial charge on any atom is -0.310 e. The van der Waals surface area contributed by atoms with Crippen LogP contribution in [0, 0.1) is 20.8 Å². The van der Waals surface area contributed by atoms with E-state index in [4.69, 9.17) is 0 Å². The molecule has 0 saturated heterocycles. The molecule has 1 heterocycles. The molecule has 0 atom stereocenters. The molecule has 1 aliphatic rings. The summed E-state index contributed by atoms with van der Waals surface area (Å²) in [6.07, 6.45) is 0. The molecule has 0 N–H and O–H groups in total. The van der Waals surface area contributed by atoms with Crippen molar-refractivity contribution in [2.75, 3.05) is 4.90 Å². The van der Waals surface area contributed by atoms with E-state index >= 15 is 0 Å². The molecule has 8 aromatic carbocycles. The molecule has 9 aromatic rings. The van der Waals surface area contributed by atoms with Crippen LogP contribution in [-0.2, 0) is 5.41 Å². The van der Waals surface area contributed by atoms with Gasteiger partial charge in [0.25, 0.3) is 0 Å². The normalized spacial score (nSPS) is 13.1. The number of aromatic nitrogens is 1. The van der Waals surface area contributed by atoms with E-state index in [2.05, 4.69) is 208 Å². The second kappa shape index (κ2) is 12.1. The summed E-state index contributed by atoms with van der Waals surface area (Å²) in [6, 6.07) is 61.0. The standard InChI is InChI=1S/C52H42N2/c1-33-15-21-38(22-16-33)53(39-23-17-34(2)18-24-39)40-25-26-43-46(31-40)52(4,5)47-32-50(41-13-9-10-14-42(41)51(43)47)54-48-27-19-35(3)29-44(48)45-30-37(20-28-49(45)54)36-11-7-6-8-12-36/h6-32H,1-5H3. The molecule has 0 saturated carbocycles. The third kappa shape index (κ3) is 4.94. The zero-order valence-corrected chi connectivity index (χ0v) is 31.5. The van der Waals surface area contributed by atoms with Gasteiger partial charge in [-0.15, -0.1) is 0 Å². The first kappa shape index (κ1) is 32.3. The highest BCUT2D eigenvalue weighted by atomic mass is 15.1. The zero-order valence-electron chi connectivity index (χ0n) is 31.5. The first-order valence-corrected chi connectivity index (χ1v) is 19.0. The lowest BCUT2D eigenvalue weighted by atomic mass is 9.81. The van der Waals surface area contributed by atoms with E-state index in [1.54, 1.807) is 0 Å². The van der Waals surface area contributed by atoms with E-state index in [0.717, 1.165) is 11.4 Å². The fourth-order valence-corrected chi connectivity index (χ4v) is 8.92. The van der Waals surface area contributed by atoms with Crippen LogP contribution >= 0.6 is 0 Å². The first-order valence-electron chi connectivity index (χ1n) is 19.0. The Morgan fingerprint density at radius 3 is 1.69 bits per heavy atom. The summed E-state index contributed by atoms with van der Waals surface area (Å²) in [7, 11) is 0. The number of nitrogens with zero attached hydrogens (tertiary/aromatic N) is 2. The van der Waals surface area contributed by atoms with Crippen molar-refractivity contribution in [2.45, 2.75) is 40.0 Å². The number of hydrogen-bond acceptors (Lipinski definition) is 1. The van der Waals surface area contributed by atoms with E-state index in [1.165, 1.54) is 94.0 Å². The van der Waals surface area contributed by atoms with Gasteiger partial charge in [0.05, 0.1) is 16.7 Å². The lowest BCUT2D eigenvalue weighted by Gasteiger charge is -2.28. The number of hydrogen-bond donors (Lipinski definition) is 0. The van der Waals surface area contributed by atoms with Gasteiger partial charge in [0.2, 0.25) is 0 Å². The van der Waals surface area contributed by atoms with E-state index in [0.29, 0.717) is 0 Å². The predicted octanol–water partition coefficient (Wildman–Crippen LogP) is 14.3. The Bertz CT molecular complexity index is 2860. The number of fused-ring (bicyclic) bond motifs is 8. The molecule has 1 aromatic heterocycles. The van der Waals surface area contributed by atoms with Crippen molar-refractivity contribution in [2.24, 2.45) is 0 Å². The average Bonchev–Trinajstić information content (AvgIpc) is 3.63. The van der Waals surface area contributed by atoms with Crippen LogP contribution in [-0.4, -0.2) is 4.57 Å². The van der Waals surface area contributed by atoms with Crippen molar-refractivity contribution in [3.05, 3.63) is 192 Å². The fraction of sp³-hybridized carbons (Fsp3) is 0.115. The highest BCUT2D eigenvalue weighted by Gasteiger charge is 2.38. The number of aryl methyl sites for hydroxylation is 3. The minimum absolute atomic E-state index is 0.235. The third-order valence-electron chi connectivity index (χ3n) is 11.8. The summed E-state index contributed by atoms with van der Waals surface area (Å²) in [5, 5.41) is 5.11. The van der Waals surface area contributed by atoms with Crippen LogP contribution < -0.4 is 4.90 Å². The molecular weight excluding hydrogens is 653 g/mol. The Kier molecular flexibility index (Phi) is 7.22. The largest absolute Gasteiger partial charge is 0.310 e. The van der Waals surface area contributed by atoms with E-state index in [-0.39, 0.29) is 5.41 Å². The van der Waals surface area contributed by atoms with Gasteiger partial charge >= 0.3 is 0 Å². The van der Waals surface area contributed by atoms with Crippen LogP contribution in [0.1, 0.15) is 41.7 Å². The number of rotatable bonds is 5. The van der Waals surface area contributed by atoms with Gasteiger partial charge in [-0.05, 0) is 126 Å². The van der Waals surface area contributed by atoms with E-state index in [1.807, 2.05) is 0 Å². The molecule has 2 nitrogen and oxygen atoms in total. The average molecular weight is 695 g/mol. The molecule has 0 aliphatic heterocycles. The summed E-state index contributed by atoms with van der Waals surface area (Å²) >= 11 is 0. The van der Waals surface area contributed by atoms with Crippen molar-refractivity contribution in [1.82, 2.24) is 4.57 Å². The second-order valence-corrected chi connectivity index (χ2v) is 15.7. The summed E-state index contributed by atoms with van der Waals surface area (Å²) in [5.41, 5.74) is 18.6. The van der Waals surface area contributed by atoms with Crippen molar-refractivity contribution in [1.29, 1.82) is 0 Å². The summed E-state index contributed by atoms with van der Waals surface area (Å²) in [6.45, 7) is 11.3. The molecule has 0 radical (unpaired) electrons. The molecule has 2 heteroatoms. The third-order valence-corrected chi connectivity index (χ3v) is 11.8. The number of anilines is 3. The second-order valence-electron chi connectivity index (χ2n) is 15.7. The molecule has 0 bridgehead atoms. The summed E-state index contributed by atoms with van der Waals surface area (Å²) in [4.78, 5) is 2.39. The van der Waals surface area contributed by atoms with Crippen molar-refractivity contribution < 1.29 is 0 Å². The highest BCUT2D eigenvalue weighted by Crippen LogP contribution is 2.54. The maximum Gasteiger partial charge on any atom is 0.0544 e. The van der Waals surface area contributed by atoms with Crippen LogP contribution in [0.25, 0.3) is 60.5 Å². The Morgan fingerprint density at radius 2 is 1.00 bits per heavy atom. The maximum atomic E-state index is 2.52. The van der Waals surface area contributed by atoms with Crippen molar-refractivity contribution >= 4 is 49.6 Å². The molecule has 54 heavy (non-hydrogen) atoms. The van der Waals surface area contributed by atoms with E-state index < -0.39 is 0 Å². The van der Waals surface area contributed by atoms with Crippen LogP contribution in [0.3, 0.4) is 0 Å². The molecule has 0 spiro atoms. The summed E-state index contributed by atoms with van der Waals surface area (Å²) in [5.74, 6) is 0. The van der Waals surface area contributed by atoms with Crippen LogP contribution in [0.15, 0.2) is 164 Å². The van der Waals surface area contributed by atoms with Gasteiger partial charge in [-0.25, -0.2) is 0 Å². The van der Waals surface area contributed by atoms with Gasteiger partial charge in [-0.2, -0.15) is 0 Å². The smallest absolute Gasteiger partial charge is 0.0544 e. The molecule has 0 fully saturated rings. The first-order chi connectivity index (χ1) is 26.3. The van der Waals surface area contributed by atoms with Gasteiger partial charge in [0.1, 0.15) is 0 Å². The van der Waals surface area contributed by atoms with Gasteiger partial charge in [-0.3, -0.25) is 0 Å². The number of benzene rings is 8. The molecule has 1 aliphatic carbocycles. The molecule has 260 valence electrons. The SMILES string of the molecule is Cc1ccc(N(c2ccc(C)cc2)c2ccc3c(c2)C(C)(C)c2cc(-n4c5ccc(C)cc5c5cc(-c6ccccc6)ccc54)c4ccccc4c2-3)cc1. The zero-order chi connectivity index (χ0) is 36.7. The van der Waals surface area contributed by atoms with Gasteiger partial charge < -0.3 is 9.47 Å². The Hall–Kier alpha value is -6.38. The molecule has 0 unspecified atom stereocenters. The maximum absolute atomic E-state index is 2.52. The van der Waals surface area contributed by atoms with Crippen LogP contribution in [0.4, 0.5) is 17.1 Å². The lowest BCUT2D eigenvalue weighted by Crippen LogP contribution is -2.17. The van der Waals surface area contributed by atoms with Crippen LogP contribution in [0.2, 0.25) is 0 Å². The molecule has 0 amide bonds. The topological polar surface area (TPSA) is 8.17 Å². The lowest BCUT2D eigenvalue weighted by molar-refractivity contribution is 0.660. The monoisotopic (exact) mass is 694 g/mol. The molecular formula is C52H42N2. The molecule has 10 rings (SSSR count). The highest BCUT2D eigenvalue weighted by molar-refractivity contribution is 6.13. The Morgan fingerprint density at radius 1 is 0.426 bits per heavy atom. The quantitative estimate of drug-likeness (QED) is 0.174. The van der Waals surface area contributed by atoms with Gasteiger partial charge in [0, 0.05) is 38.6 Å². The fourth-order valence-electron chi connectivity index (χ4n) is 8.92. The van der Waals surface area contributed by atoms with E-state index in [9.17, 15) is 0 Å². The van der Waals surface area contributed by atoms with Gasteiger partial charge in [0.15, 0.2) is 0 Å². The minimum atomic E-state index is -0.235.